The SMILES string of the molecule is COC(=O)c1cc2cc(NCc3cc(NC(=O)c4cccc(C(C)C)c4)ccc3C)cnc2[nH]1. The van der Waals surface area contributed by atoms with Crippen LogP contribution in [0.3, 0.4) is 0 Å². The number of pyridine rings is 1. The lowest BCUT2D eigenvalue weighted by Gasteiger charge is -2.13. The van der Waals surface area contributed by atoms with E-state index in [-0.39, 0.29) is 5.91 Å². The summed E-state index contributed by atoms with van der Waals surface area (Å²) >= 11 is 0. The number of aryl methyl sites for hydroxylation is 1. The van der Waals surface area contributed by atoms with Gasteiger partial charge < -0.3 is 20.4 Å². The van der Waals surface area contributed by atoms with E-state index in [9.17, 15) is 9.59 Å². The molecule has 0 spiro atoms. The van der Waals surface area contributed by atoms with Crippen LogP contribution in [-0.4, -0.2) is 29.0 Å². The number of amides is 1. The predicted octanol–water partition coefficient (Wildman–Crippen LogP) is 5.65. The number of aromatic nitrogens is 2. The maximum absolute atomic E-state index is 12.8. The average Bonchev–Trinajstić information content (AvgIpc) is 3.27. The Morgan fingerprint density at radius 1 is 1.06 bits per heavy atom. The van der Waals surface area contributed by atoms with Gasteiger partial charge in [-0.25, -0.2) is 9.78 Å². The normalized spacial score (nSPS) is 11.0. The number of carbonyl (C=O) groups excluding carboxylic acids is 2. The number of hydrogen-bond donors (Lipinski definition) is 3. The molecule has 2 aromatic carbocycles. The number of aromatic amines is 1. The van der Waals surface area contributed by atoms with Crippen molar-refractivity contribution in [2.75, 3.05) is 17.7 Å². The Morgan fingerprint density at radius 2 is 1.88 bits per heavy atom. The van der Waals surface area contributed by atoms with Gasteiger partial charge in [-0.15, -0.1) is 0 Å². The van der Waals surface area contributed by atoms with Gasteiger partial charge in [-0.2, -0.15) is 0 Å². The Hall–Kier alpha value is -4.13. The van der Waals surface area contributed by atoms with E-state index in [1.807, 2.05) is 55.5 Å². The second-order valence-corrected chi connectivity index (χ2v) is 8.57. The molecule has 2 aromatic heterocycles. The molecule has 0 radical (unpaired) electrons. The van der Waals surface area contributed by atoms with E-state index < -0.39 is 5.97 Å². The van der Waals surface area contributed by atoms with Crippen molar-refractivity contribution in [2.45, 2.75) is 33.2 Å². The molecular formula is C27H28N4O3. The molecule has 1 amide bonds. The number of rotatable bonds is 7. The highest BCUT2D eigenvalue weighted by Crippen LogP contribution is 2.22. The molecule has 4 aromatic rings. The van der Waals surface area contributed by atoms with Gasteiger partial charge >= 0.3 is 5.97 Å². The molecule has 4 rings (SSSR count). The molecule has 0 bridgehead atoms. The molecule has 0 aliphatic carbocycles. The van der Waals surface area contributed by atoms with Gasteiger partial charge in [-0.05, 0) is 65.9 Å². The maximum atomic E-state index is 12.8. The van der Waals surface area contributed by atoms with Crippen LogP contribution in [-0.2, 0) is 11.3 Å². The summed E-state index contributed by atoms with van der Waals surface area (Å²) in [6.07, 6.45) is 1.71. The van der Waals surface area contributed by atoms with E-state index in [1.165, 1.54) is 7.11 Å². The van der Waals surface area contributed by atoms with Crippen LogP contribution in [0, 0.1) is 6.92 Å². The minimum absolute atomic E-state index is 0.131. The van der Waals surface area contributed by atoms with Crippen LogP contribution in [0.5, 0.6) is 0 Å². The van der Waals surface area contributed by atoms with Crippen LogP contribution in [0.25, 0.3) is 11.0 Å². The Kier molecular flexibility index (Phi) is 6.63. The highest BCUT2D eigenvalue weighted by molar-refractivity contribution is 6.04. The standard InChI is InChI=1S/C27H28N4O3/c1-16(2)18-6-5-7-19(10-18)26(32)30-22-9-8-17(3)21(12-22)14-28-23-11-20-13-24(27(33)34-4)31-25(20)29-15-23/h5-13,15-16,28H,14H2,1-4H3,(H,29,31)(H,30,32). The van der Waals surface area contributed by atoms with Crippen molar-refractivity contribution in [3.05, 3.63) is 88.7 Å². The number of nitrogens with one attached hydrogen (secondary N) is 3. The third kappa shape index (κ3) is 5.09. The first-order chi connectivity index (χ1) is 16.3. The minimum Gasteiger partial charge on any atom is -0.464 e. The molecule has 0 atom stereocenters. The quantitative estimate of drug-likeness (QED) is 0.313. The van der Waals surface area contributed by atoms with E-state index in [1.54, 1.807) is 12.3 Å². The monoisotopic (exact) mass is 456 g/mol. The average molecular weight is 457 g/mol. The van der Waals surface area contributed by atoms with E-state index in [4.69, 9.17) is 4.74 Å². The molecule has 174 valence electrons. The van der Waals surface area contributed by atoms with Crippen molar-refractivity contribution < 1.29 is 14.3 Å². The van der Waals surface area contributed by atoms with Crippen molar-refractivity contribution in [1.29, 1.82) is 0 Å². The maximum Gasteiger partial charge on any atom is 0.354 e. The molecule has 34 heavy (non-hydrogen) atoms. The Morgan fingerprint density at radius 3 is 2.65 bits per heavy atom. The topological polar surface area (TPSA) is 96.1 Å². The summed E-state index contributed by atoms with van der Waals surface area (Å²) in [4.78, 5) is 31.9. The summed E-state index contributed by atoms with van der Waals surface area (Å²) in [6, 6.07) is 17.2. The molecule has 7 heteroatoms. The molecule has 0 saturated heterocycles. The molecule has 0 aliphatic rings. The van der Waals surface area contributed by atoms with Crippen LogP contribution in [0.15, 0.2) is 60.8 Å². The number of anilines is 2. The van der Waals surface area contributed by atoms with Crippen molar-refractivity contribution in [1.82, 2.24) is 9.97 Å². The molecule has 7 nitrogen and oxygen atoms in total. The fourth-order valence-electron chi connectivity index (χ4n) is 3.71. The fraction of sp³-hybridized carbons (Fsp3) is 0.222. The lowest BCUT2D eigenvalue weighted by molar-refractivity contribution is 0.0595. The zero-order valence-electron chi connectivity index (χ0n) is 19.7. The molecule has 0 saturated carbocycles. The van der Waals surface area contributed by atoms with E-state index >= 15 is 0 Å². The van der Waals surface area contributed by atoms with Gasteiger partial charge in [0, 0.05) is 23.2 Å². The molecule has 3 N–H and O–H groups in total. The zero-order chi connectivity index (χ0) is 24.2. The number of fused-ring (bicyclic) bond motifs is 1. The summed E-state index contributed by atoms with van der Waals surface area (Å²) in [5, 5.41) is 7.19. The molecule has 0 aliphatic heterocycles. The number of esters is 1. The van der Waals surface area contributed by atoms with Gasteiger partial charge in [0.2, 0.25) is 0 Å². The van der Waals surface area contributed by atoms with Crippen LogP contribution < -0.4 is 10.6 Å². The zero-order valence-corrected chi connectivity index (χ0v) is 19.7. The summed E-state index contributed by atoms with van der Waals surface area (Å²) in [5.74, 6) is -0.205. The van der Waals surface area contributed by atoms with Gasteiger partial charge in [0.1, 0.15) is 11.3 Å². The third-order valence-corrected chi connectivity index (χ3v) is 5.78. The lowest BCUT2D eigenvalue weighted by atomic mass is 10.0. The largest absolute Gasteiger partial charge is 0.464 e. The first kappa shape index (κ1) is 23.0. The number of benzene rings is 2. The van der Waals surface area contributed by atoms with Crippen molar-refractivity contribution in [2.24, 2.45) is 0 Å². The second-order valence-electron chi connectivity index (χ2n) is 8.57. The van der Waals surface area contributed by atoms with Crippen LogP contribution in [0.4, 0.5) is 11.4 Å². The third-order valence-electron chi connectivity index (χ3n) is 5.78. The molecule has 0 unspecified atom stereocenters. The first-order valence-corrected chi connectivity index (χ1v) is 11.2. The highest BCUT2D eigenvalue weighted by Gasteiger charge is 2.12. The van der Waals surface area contributed by atoms with Crippen LogP contribution >= 0.6 is 0 Å². The van der Waals surface area contributed by atoms with Crippen LogP contribution in [0.2, 0.25) is 0 Å². The lowest BCUT2D eigenvalue weighted by Crippen LogP contribution is -2.13. The first-order valence-electron chi connectivity index (χ1n) is 11.2. The Bertz CT molecular complexity index is 1360. The smallest absolute Gasteiger partial charge is 0.354 e. The number of carbonyl (C=O) groups is 2. The van der Waals surface area contributed by atoms with Crippen LogP contribution in [0.1, 0.15) is 57.3 Å². The molecule has 0 fully saturated rings. The molecular weight excluding hydrogens is 428 g/mol. The van der Waals surface area contributed by atoms with E-state index in [2.05, 4.69) is 34.4 Å². The van der Waals surface area contributed by atoms with Crippen molar-refractivity contribution in [3.63, 3.8) is 0 Å². The fourth-order valence-corrected chi connectivity index (χ4v) is 3.71. The van der Waals surface area contributed by atoms with Gasteiger partial charge in [0.25, 0.3) is 5.91 Å². The van der Waals surface area contributed by atoms with E-state index in [0.717, 1.165) is 33.5 Å². The van der Waals surface area contributed by atoms with Crippen molar-refractivity contribution >= 4 is 34.3 Å². The van der Waals surface area contributed by atoms with E-state index in [0.29, 0.717) is 29.4 Å². The summed E-state index contributed by atoms with van der Waals surface area (Å²) in [6.45, 7) is 6.81. The van der Waals surface area contributed by atoms with Gasteiger partial charge in [-0.1, -0.05) is 32.0 Å². The van der Waals surface area contributed by atoms with Gasteiger partial charge in [0.15, 0.2) is 0 Å². The highest BCUT2D eigenvalue weighted by atomic mass is 16.5. The predicted molar refractivity (Wildman–Crippen MR) is 134 cm³/mol. The number of methoxy groups -OCH3 is 1. The number of H-pyrrole nitrogens is 1. The number of nitrogens with zero attached hydrogens (tertiary/aromatic N) is 1. The van der Waals surface area contributed by atoms with Gasteiger partial charge in [-0.3, -0.25) is 4.79 Å². The second kappa shape index (κ2) is 9.79. The summed E-state index contributed by atoms with van der Waals surface area (Å²) in [7, 11) is 1.34. The summed E-state index contributed by atoms with van der Waals surface area (Å²) in [5.41, 5.74) is 6.48. The van der Waals surface area contributed by atoms with Gasteiger partial charge in [0.05, 0.1) is 19.0 Å². The Labute approximate surface area is 198 Å². The Balaban J connectivity index is 1.46. The summed E-state index contributed by atoms with van der Waals surface area (Å²) < 4.78 is 4.75. The number of hydrogen-bond acceptors (Lipinski definition) is 5. The minimum atomic E-state index is -0.432. The van der Waals surface area contributed by atoms with Crippen molar-refractivity contribution in [3.8, 4) is 0 Å². The number of ether oxygens (including phenoxy) is 1. The molecule has 2 heterocycles.